The number of hydrogen-bond acceptors (Lipinski definition) is 8. The Morgan fingerprint density at radius 1 is 1.00 bits per heavy atom. The van der Waals surface area contributed by atoms with Gasteiger partial charge in [-0.2, -0.15) is 9.97 Å². The first-order chi connectivity index (χ1) is 28.5. The van der Waals surface area contributed by atoms with E-state index in [2.05, 4.69) is 42.1 Å². The maximum Gasteiger partial charge on any atom is 0.410 e. The third-order valence-corrected chi connectivity index (χ3v) is 15.2. The van der Waals surface area contributed by atoms with Gasteiger partial charge in [-0.15, -0.1) is 6.42 Å². The average molecular weight is 847 g/mol. The maximum atomic E-state index is 17.4. The third-order valence-electron chi connectivity index (χ3n) is 12.6. The number of benzene rings is 2. The fourth-order valence-electron chi connectivity index (χ4n) is 8.92. The summed E-state index contributed by atoms with van der Waals surface area (Å²) in [6, 6.07) is 8.46. The van der Waals surface area contributed by atoms with Crippen LogP contribution in [0.2, 0.25) is 0 Å². The molecule has 0 spiro atoms. The third kappa shape index (κ3) is 9.04. The van der Waals surface area contributed by atoms with Crippen molar-refractivity contribution in [2.24, 2.45) is 11.3 Å². The van der Waals surface area contributed by atoms with E-state index in [0.29, 0.717) is 65.9 Å². The summed E-state index contributed by atoms with van der Waals surface area (Å²) < 4.78 is 45.0. The van der Waals surface area contributed by atoms with Gasteiger partial charge in [0, 0.05) is 50.5 Å². The molecule has 2 aromatic carbocycles. The molecule has 2 atom stereocenters. The Balaban J connectivity index is 0.00000137. The topological polar surface area (TPSA) is 83.9 Å². The summed E-state index contributed by atoms with van der Waals surface area (Å²) in [5.74, 6) is 4.34. The summed E-state index contributed by atoms with van der Waals surface area (Å²) in [7, 11) is -0.549. The van der Waals surface area contributed by atoms with Crippen LogP contribution in [-0.2, 0) is 11.2 Å². The first kappa shape index (κ1) is 45.3. The fraction of sp³-hybridized carbons (Fsp3) is 0.583. The zero-order chi connectivity index (χ0) is 43.8. The Labute approximate surface area is 359 Å². The highest BCUT2D eigenvalue weighted by atomic mass is 32.3. The minimum Gasteiger partial charge on any atom is -0.463 e. The van der Waals surface area contributed by atoms with Gasteiger partial charge in [0.25, 0.3) is 0 Å². The molecule has 4 aliphatic rings. The summed E-state index contributed by atoms with van der Waals surface area (Å²) in [4.78, 5) is 35.0. The van der Waals surface area contributed by atoms with Gasteiger partial charge in [-0.25, -0.2) is 28.6 Å². The van der Waals surface area contributed by atoms with E-state index in [9.17, 15) is 4.79 Å². The quantitative estimate of drug-likeness (QED) is 0.178. The van der Waals surface area contributed by atoms with Crippen LogP contribution in [0.25, 0.3) is 32.9 Å². The molecule has 328 valence electrons. The van der Waals surface area contributed by atoms with Crippen molar-refractivity contribution in [2.45, 2.75) is 99.1 Å². The number of carbonyl (C=O) groups excluding carboxylic acids is 1. The van der Waals surface area contributed by atoms with E-state index >= 15 is 8.78 Å². The van der Waals surface area contributed by atoms with Crippen molar-refractivity contribution in [3.63, 3.8) is 0 Å². The molecule has 3 fully saturated rings. The van der Waals surface area contributed by atoms with Gasteiger partial charge in [0.2, 0.25) is 0 Å². The van der Waals surface area contributed by atoms with Crippen LogP contribution in [-0.4, -0.2) is 112 Å². The van der Waals surface area contributed by atoms with Gasteiger partial charge in [0.05, 0.1) is 28.8 Å². The predicted molar refractivity (Wildman–Crippen MR) is 247 cm³/mol. The van der Waals surface area contributed by atoms with E-state index in [0.717, 1.165) is 32.5 Å². The van der Waals surface area contributed by atoms with Gasteiger partial charge in [-0.3, -0.25) is 0 Å². The predicted octanol–water partition coefficient (Wildman–Crippen LogP) is 10.3. The molecule has 9 nitrogen and oxygen atoms in total. The number of anilines is 1. The van der Waals surface area contributed by atoms with Gasteiger partial charge < -0.3 is 24.2 Å². The molecule has 8 rings (SSSR count). The van der Waals surface area contributed by atoms with Crippen molar-refractivity contribution in [3.8, 4) is 29.6 Å². The normalized spacial score (nSPS) is 22.4. The number of aromatic nitrogens is 3. The van der Waals surface area contributed by atoms with Crippen LogP contribution in [0.1, 0.15) is 94.3 Å². The zero-order valence-corrected chi connectivity index (χ0v) is 38.6. The smallest absolute Gasteiger partial charge is 0.410 e. The molecular weight excluding hydrogens is 779 g/mol. The van der Waals surface area contributed by atoms with Crippen molar-refractivity contribution in [1.82, 2.24) is 24.8 Å². The SMILES string of the molecule is C#Cc1c(F)ccc2cccc(-c3nc4c5c(nc(OCC6(CN7CCCS(C)(C)CC7)CC6)nc5c3F)N3CCN(C(=O)OC(C)(C)C)CC3(C)[C@@H](C)C4)c12.CC.CC.[HH]. The summed E-state index contributed by atoms with van der Waals surface area (Å²) in [6.45, 7) is 22.7. The maximum absolute atomic E-state index is 17.4. The molecule has 1 saturated carbocycles. The second-order valence-corrected chi connectivity index (χ2v) is 22.7. The number of halogens is 2. The van der Waals surface area contributed by atoms with Gasteiger partial charge in [-0.1, -0.05) is 64.8 Å². The second kappa shape index (κ2) is 17.6. The van der Waals surface area contributed by atoms with E-state index in [1.807, 2.05) is 54.5 Å². The summed E-state index contributed by atoms with van der Waals surface area (Å²) in [5.41, 5.74) is -0.0227. The van der Waals surface area contributed by atoms with Crippen LogP contribution >= 0.6 is 10.0 Å². The number of rotatable bonds is 6. The highest BCUT2D eigenvalue weighted by molar-refractivity contribution is 8.32. The Kier molecular flexibility index (Phi) is 13.3. The lowest BCUT2D eigenvalue weighted by Gasteiger charge is -2.51. The number of fused-ring (bicyclic) bond motifs is 3. The molecule has 0 radical (unpaired) electrons. The van der Waals surface area contributed by atoms with E-state index in [1.165, 1.54) is 24.0 Å². The van der Waals surface area contributed by atoms with Gasteiger partial charge in [-0.05, 0) is 101 Å². The van der Waals surface area contributed by atoms with E-state index in [-0.39, 0.29) is 41.6 Å². The largest absolute Gasteiger partial charge is 0.463 e. The molecule has 2 aromatic heterocycles. The fourth-order valence-corrected chi connectivity index (χ4v) is 10.8. The van der Waals surface area contributed by atoms with Gasteiger partial charge in [0.1, 0.15) is 28.4 Å². The van der Waals surface area contributed by atoms with Crippen LogP contribution in [0.5, 0.6) is 6.01 Å². The molecule has 12 heteroatoms. The van der Waals surface area contributed by atoms with Crippen molar-refractivity contribution in [3.05, 3.63) is 53.2 Å². The van der Waals surface area contributed by atoms with E-state index in [1.54, 1.807) is 23.1 Å². The minimum atomic E-state index is -0.642. The van der Waals surface area contributed by atoms with E-state index in [4.69, 9.17) is 30.8 Å². The number of carbonyl (C=O) groups is 1. The molecule has 1 amide bonds. The molecule has 1 unspecified atom stereocenters. The van der Waals surface area contributed by atoms with Gasteiger partial charge >= 0.3 is 12.1 Å². The Hall–Kier alpha value is -4.21. The van der Waals surface area contributed by atoms with Gasteiger partial charge in [0.15, 0.2) is 5.82 Å². The van der Waals surface area contributed by atoms with E-state index < -0.39 is 32.8 Å². The van der Waals surface area contributed by atoms with Crippen LogP contribution in [0.3, 0.4) is 0 Å². The first-order valence-corrected chi connectivity index (χ1v) is 24.7. The monoisotopic (exact) mass is 847 g/mol. The van der Waals surface area contributed by atoms with Crippen molar-refractivity contribution in [2.75, 3.05) is 74.8 Å². The van der Waals surface area contributed by atoms with Crippen LogP contribution in [0.4, 0.5) is 19.4 Å². The number of amides is 1. The standard InChI is InChI=1S/C44H54F2N6O3S.2C2H6.H2/c1-9-30-32(45)15-14-29-12-10-13-31(34(29)30)37-36(46)38-35-33(47-37)24-28(2)43(6)25-51(41(53)55-42(3,4)5)19-20-52(43)39(35)49-40(48-38)54-27-44(16-17-44)26-50-18-11-22-56(7,8)23-21-50;2*1-2;/h1,10,12-15,28H,11,16-27H2,2-8H3;2*1-2H3;1H/t28-,43?;;;/m0.../s1. The number of pyridine rings is 1. The molecule has 0 bridgehead atoms. The summed E-state index contributed by atoms with van der Waals surface area (Å²) in [6.07, 6.45) is 14.2. The van der Waals surface area contributed by atoms with Crippen LogP contribution in [0.15, 0.2) is 30.3 Å². The van der Waals surface area contributed by atoms with Crippen LogP contribution in [0, 0.1) is 35.3 Å². The lowest BCUT2D eigenvalue weighted by molar-refractivity contribution is 0.0136. The van der Waals surface area contributed by atoms with Crippen molar-refractivity contribution < 1.29 is 24.5 Å². The average Bonchev–Trinajstić information content (AvgIpc) is 4.02. The number of hydrogen-bond donors (Lipinski definition) is 0. The summed E-state index contributed by atoms with van der Waals surface area (Å²) >= 11 is 0. The number of terminal acetylenes is 1. The minimum absolute atomic E-state index is 0. The Bertz CT molecular complexity index is 2270. The molecule has 5 heterocycles. The second-order valence-electron chi connectivity index (χ2n) is 18.4. The van der Waals surface area contributed by atoms with Crippen molar-refractivity contribution in [1.29, 1.82) is 0 Å². The molecule has 2 saturated heterocycles. The summed E-state index contributed by atoms with van der Waals surface area (Å²) in [5, 5.41) is 1.63. The Morgan fingerprint density at radius 2 is 1.73 bits per heavy atom. The molecule has 3 aliphatic heterocycles. The Morgan fingerprint density at radius 3 is 2.42 bits per heavy atom. The molecular formula is C48H68F2N6O3S. The highest BCUT2D eigenvalue weighted by Gasteiger charge is 2.49. The number of piperazine rings is 1. The molecule has 4 aromatic rings. The number of nitrogens with zero attached hydrogens (tertiary/aromatic N) is 6. The number of ether oxygens (including phenoxy) is 2. The molecule has 1 aliphatic carbocycles. The molecule has 60 heavy (non-hydrogen) atoms. The lowest BCUT2D eigenvalue weighted by Crippen LogP contribution is -2.65. The van der Waals surface area contributed by atoms with Crippen molar-refractivity contribution >= 4 is 43.6 Å². The first-order valence-electron chi connectivity index (χ1n) is 21.9. The zero-order valence-electron chi connectivity index (χ0n) is 37.8. The highest BCUT2D eigenvalue weighted by Crippen LogP contribution is 2.49. The van der Waals surface area contributed by atoms with Crippen LogP contribution < -0.4 is 9.64 Å². The lowest BCUT2D eigenvalue weighted by atomic mass is 9.81. The molecule has 0 N–H and O–H groups in total.